The number of amides is 1. The normalized spacial score (nSPS) is 9.00. The highest BCUT2D eigenvalue weighted by molar-refractivity contribution is 5.95. The predicted molar refractivity (Wildman–Crippen MR) is 46.3 cm³/mol. The number of carbonyl (C=O) groups excluding carboxylic acids is 3. The van der Waals surface area contributed by atoms with Gasteiger partial charge in [0.05, 0.1) is 13.7 Å². The monoisotopic (exact) mass is 203 g/mol. The van der Waals surface area contributed by atoms with Crippen molar-refractivity contribution in [3.8, 4) is 0 Å². The smallest absolute Gasteiger partial charge is 0.325 e. The number of methoxy groups -OCH3 is 1. The van der Waals surface area contributed by atoms with Gasteiger partial charge in [-0.1, -0.05) is 0 Å². The summed E-state index contributed by atoms with van der Waals surface area (Å²) in [4.78, 5) is 32.3. The van der Waals surface area contributed by atoms with Gasteiger partial charge in [-0.2, -0.15) is 0 Å². The molecule has 0 unspecified atom stereocenters. The fourth-order valence-corrected chi connectivity index (χ4v) is 0.649. The van der Waals surface area contributed by atoms with Gasteiger partial charge in [-0.25, -0.2) is 0 Å². The molecular weight excluding hydrogens is 190 g/mol. The first kappa shape index (κ1) is 12.4. The number of hydrogen-bond acceptors (Lipinski definition) is 5. The average molecular weight is 203 g/mol. The number of hydrogen-bond donors (Lipinski definition) is 1. The van der Waals surface area contributed by atoms with Crippen LogP contribution in [0.5, 0.6) is 0 Å². The summed E-state index contributed by atoms with van der Waals surface area (Å²) < 4.78 is 8.81. The molecule has 0 aromatic rings. The van der Waals surface area contributed by atoms with Crippen LogP contribution in [-0.2, 0) is 23.9 Å². The number of carbonyl (C=O) groups is 3. The van der Waals surface area contributed by atoms with Crippen LogP contribution >= 0.6 is 0 Å². The lowest BCUT2D eigenvalue weighted by Gasteiger charge is -2.03. The Kier molecular flexibility index (Phi) is 6.09. The maximum absolute atomic E-state index is 10.9. The summed E-state index contributed by atoms with van der Waals surface area (Å²) in [5.74, 6) is -1.74. The van der Waals surface area contributed by atoms with E-state index in [0.717, 1.165) is 0 Å². The Bertz CT molecular complexity index is 226. The lowest BCUT2D eigenvalue weighted by atomic mass is 10.4. The summed E-state index contributed by atoms with van der Waals surface area (Å²) in [7, 11) is 1.21. The van der Waals surface area contributed by atoms with Crippen molar-refractivity contribution in [3.63, 3.8) is 0 Å². The lowest BCUT2D eigenvalue weighted by Crippen LogP contribution is -2.31. The predicted octanol–water partition coefficient (Wildman–Crippen LogP) is -0.771. The van der Waals surface area contributed by atoms with Gasteiger partial charge in [0.1, 0.15) is 13.0 Å². The maximum Gasteiger partial charge on any atom is 0.325 e. The summed E-state index contributed by atoms with van der Waals surface area (Å²) in [6.07, 6.45) is -0.384. The third kappa shape index (κ3) is 5.99. The zero-order valence-corrected chi connectivity index (χ0v) is 8.16. The van der Waals surface area contributed by atoms with Crippen molar-refractivity contribution in [1.29, 1.82) is 0 Å². The van der Waals surface area contributed by atoms with Crippen LogP contribution in [0.4, 0.5) is 0 Å². The Morgan fingerprint density at radius 2 is 1.86 bits per heavy atom. The van der Waals surface area contributed by atoms with Crippen LogP contribution in [0.2, 0.25) is 0 Å². The summed E-state index contributed by atoms with van der Waals surface area (Å²) in [6, 6.07) is 0. The van der Waals surface area contributed by atoms with E-state index in [0.29, 0.717) is 0 Å². The molecule has 0 fully saturated rings. The Morgan fingerprint density at radius 1 is 1.21 bits per heavy atom. The van der Waals surface area contributed by atoms with Gasteiger partial charge in [0.25, 0.3) is 0 Å². The minimum absolute atomic E-state index is 0.225. The minimum atomic E-state index is -0.616. The molecule has 0 aliphatic rings. The molecular formula is C8H13NO5. The second-order valence-electron chi connectivity index (χ2n) is 2.33. The molecule has 14 heavy (non-hydrogen) atoms. The summed E-state index contributed by atoms with van der Waals surface area (Å²) in [5, 5.41) is 2.21. The number of ether oxygens (including phenoxy) is 2. The van der Waals surface area contributed by atoms with Crippen molar-refractivity contribution in [2.75, 3.05) is 20.3 Å². The summed E-state index contributed by atoms with van der Waals surface area (Å²) in [5.41, 5.74) is 0. The van der Waals surface area contributed by atoms with E-state index in [2.05, 4.69) is 14.8 Å². The Morgan fingerprint density at radius 3 is 2.36 bits per heavy atom. The first-order chi connectivity index (χ1) is 6.60. The second kappa shape index (κ2) is 6.88. The van der Waals surface area contributed by atoms with Crippen LogP contribution in [0.3, 0.4) is 0 Å². The topological polar surface area (TPSA) is 81.7 Å². The molecule has 0 aromatic heterocycles. The Labute approximate surface area is 81.6 Å². The van der Waals surface area contributed by atoms with Crippen molar-refractivity contribution in [3.05, 3.63) is 0 Å². The molecule has 0 aromatic carbocycles. The van der Waals surface area contributed by atoms with E-state index in [9.17, 15) is 14.4 Å². The maximum atomic E-state index is 10.9. The van der Waals surface area contributed by atoms with Crippen LogP contribution in [0.15, 0.2) is 0 Å². The van der Waals surface area contributed by atoms with Crippen molar-refractivity contribution >= 4 is 17.8 Å². The molecule has 0 aliphatic heterocycles. The van der Waals surface area contributed by atoms with Crippen LogP contribution < -0.4 is 5.32 Å². The molecule has 6 nitrogen and oxygen atoms in total. The second-order valence-corrected chi connectivity index (χ2v) is 2.33. The number of rotatable bonds is 5. The molecule has 80 valence electrons. The highest BCUT2D eigenvalue weighted by Gasteiger charge is 2.10. The van der Waals surface area contributed by atoms with E-state index in [-0.39, 0.29) is 19.6 Å². The third-order valence-electron chi connectivity index (χ3n) is 1.27. The molecule has 0 atom stereocenters. The molecule has 0 spiro atoms. The first-order valence-electron chi connectivity index (χ1n) is 4.09. The van der Waals surface area contributed by atoms with Crippen LogP contribution in [0.25, 0.3) is 0 Å². The van der Waals surface area contributed by atoms with Gasteiger partial charge in [0, 0.05) is 0 Å². The lowest BCUT2D eigenvalue weighted by molar-refractivity contribution is -0.147. The first-order valence-corrected chi connectivity index (χ1v) is 4.09. The third-order valence-corrected chi connectivity index (χ3v) is 1.27. The molecule has 0 aliphatic carbocycles. The highest BCUT2D eigenvalue weighted by Crippen LogP contribution is 1.86. The van der Waals surface area contributed by atoms with Crippen molar-refractivity contribution < 1.29 is 23.9 Å². The Hall–Kier alpha value is -1.59. The van der Waals surface area contributed by atoms with Crippen LogP contribution in [-0.4, -0.2) is 38.1 Å². The van der Waals surface area contributed by atoms with Crippen LogP contribution in [0.1, 0.15) is 13.3 Å². The average Bonchev–Trinajstić information content (AvgIpc) is 2.14. The van der Waals surface area contributed by atoms with Crippen molar-refractivity contribution in [2.45, 2.75) is 13.3 Å². The standard InChI is InChI=1S/C8H13NO5/c1-3-14-7(11)4-6(10)9-5-8(12)13-2/h3-5H2,1-2H3,(H,9,10). The molecule has 0 bridgehead atoms. The molecule has 6 heteroatoms. The summed E-state index contributed by atoms with van der Waals surface area (Å²) >= 11 is 0. The fraction of sp³-hybridized carbons (Fsp3) is 0.625. The molecule has 0 rings (SSSR count). The highest BCUT2D eigenvalue weighted by atomic mass is 16.5. The Balaban J connectivity index is 3.65. The van der Waals surface area contributed by atoms with Gasteiger partial charge in [-0.15, -0.1) is 0 Å². The van der Waals surface area contributed by atoms with Gasteiger partial charge < -0.3 is 14.8 Å². The van der Waals surface area contributed by atoms with E-state index < -0.39 is 17.8 Å². The number of nitrogens with one attached hydrogen (secondary N) is 1. The van der Waals surface area contributed by atoms with Gasteiger partial charge >= 0.3 is 11.9 Å². The van der Waals surface area contributed by atoms with Gasteiger partial charge in [0.2, 0.25) is 5.91 Å². The van der Waals surface area contributed by atoms with E-state index in [1.54, 1.807) is 6.92 Å². The fourth-order valence-electron chi connectivity index (χ4n) is 0.649. The number of esters is 2. The summed E-state index contributed by atoms with van der Waals surface area (Å²) in [6.45, 7) is 1.63. The van der Waals surface area contributed by atoms with E-state index in [1.165, 1.54) is 7.11 Å². The van der Waals surface area contributed by atoms with Gasteiger partial charge in [-0.3, -0.25) is 14.4 Å². The quantitative estimate of drug-likeness (QED) is 0.468. The van der Waals surface area contributed by atoms with E-state index in [1.807, 2.05) is 0 Å². The molecule has 0 saturated heterocycles. The van der Waals surface area contributed by atoms with Gasteiger partial charge in [-0.05, 0) is 6.92 Å². The molecule has 0 heterocycles. The van der Waals surface area contributed by atoms with E-state index >= 15 is 0 Å². The van der Waals surface area contributed by atoms with Crippen LogP contribution in [0, 0.1) is 0 Å². The SMILES string of the molecule is CCOC(=O)CC(=O)NCC(=O)OC. The van der Waals surface area contributed by atoms with Gasteiger partial charge in [0.15, 0.2) is 0 Å². The molecule has 1 N–H and O–H groups in total. The zero-order chi connectivity index (χ0) is 11.0. The molecule has 0 saturated carbocycles. The van der Waals surface area contributed by atoms with Crippen molar-refractivity contribution in [1.82, 2.24) is 5.32 Å². The zero-order valence-electron chi connectivity index (χ0n) is 8.16. The largest absolute Gasteiger partial charge is 0.468 e. The molecule has 0 radical (unpaired) electrons. The minimum Gasteiger partial charge on any atom is -0.468 e. The van der Waals surface area contributed by atoms with E-state index in [4.69, 9.17) is 0 Å². The van der Waals surface area contributed by atoms with Crippen molar-refractivity contribution in [2.24, 2.45) is 0 Å². The molecule has 1 amide bonds.